The highest BCUT2D eigenvalue weighted by Gasteiger charge is 2.44. The molecule has 19 heavy (non-hydrogen) atoms. The van der Waals surface area contributed by atoms with Crippen molar-refractivity contribution in [2.24, 2.45) is 5.41 Å². The third-order valence-corrected chi connectivity index (χ3v) is 3.73. The van der Waals surface area contributed by atoms with Crippen LogP contribution in [0.3, 0.4) is 0 Å². The molecule has 0 spiro atoms. The number of carbonyl (C=O) groups excluding carboxylic acids is 1. The summed E-state index contributed by atoms with van der Waals surface area (Å²) in [5.74, 6) is -0.969. The van der Waals surface area contributed by atoms with Crippen molar-refractivity contribution in [3.8, 4) is 5.75 Å². The SMILES string of the molecule is CC1(C(=O)NCc2cc3cc(F)c(O)cc3[nH]2)CC1. The van der Waals surface area contributed by atoms with Crippen LogP contribution in [0.25, 0.3) is 10.9 Å². The van der Waals surface area contributed by atoms with Crippen LogP contribution in [-0.4, -0.2) is 16.0 Å². The molecule has 5 heteroatoms. The summed E-state index contributed by atoms with van der Waals surface area (Å²) in [6.45, 7) is 2.33. The van der Waals surface area contributed by atoms with Crippen molar-refractivity contribution in [2.75, 3.05) is 0 Å². The van der Waals surface area contributed by atoms with Gasteiger partial charge in [-0.15, -0.1) is 0 Å². The maximum Gasteiger partial charge on any atom is 0.226 e. The Balaban J connectivity index is 1.76. The highest BCUT2D eigenvalue weighted by Crippen LogP contribution is 2.45. The van der Waals surface area contributed by atoms with E-state index in [4.69, 9.17) is 0 Å². The zero-order valence-corrected chi connectivity index (χ0v) is 10.6. The topological polar surface area (TPSA) is 65.1 Å². The van der Waals surface area contributed by atoms with Gasteiger partial charge >= 0.3 is 0 Å². The average Bonchev–Trinajstić information content (AvgIpc) is 2.99. The maximum atomic E-state index is 13.2. The van der Waals surface area contributed by atoms with Crippen LogP contribution in [0.1, 0.15) is 25.5 Å². The first-order valence-electron chi connectivity index (χ1n) is 6.26. The van der Waals surface area contributed by atoms with Crippen molar-refractivity contribution in [3.63, 3.8) is 0 Å². The minimum absolute atomic E-state index is 0.0557. The molecule has 0 bridgehead atoms. The van der Waals surface area contributed by atoms with E-state index in [0.717, 1.165) is 18.5 Å². The molecule has 1 aliphatic rings. The predicted molar refractivity (Wildman–Crippen MR) is 69.1 cm³/mol. The van der Waals surface area contributed by atoms with Crippen LogP contribution in [0.5, 0.6) is 5.75 Å². The number of hydrogen-bond donors (Lipinski definition) is 3. The van der Waals surface area contributed by atoms with E-state index in [2.05, 4.69) is 10.3 Å². The Morgan fingerprint density at radius 3 is 2.89 bits per heavy atom. The highest BCUT2D eigenvalue weighted by atomic mass is 19.1. The van der Waals surface area contributed by atoms with Gasteiger partial charge in [0.15, 0.2) is 11.6 Å². The second kappa shape index (κ2) is 3.98. The Labute approximate surface area is 109 Å². The molecule has 1 saturated carbocycles. The molecule has 4 nitrogen and oxygen atoms in total. The summed E-state index contributed by atoms with van der Waals surface area (Å²) >= 11 is 0. The number of halogens is 1. The standard InChI is InChI=1S/C14H15FN2O2/c1-14(2-3-14)13(19)16-7-9-4-8-5-10(15)12(18)6-11(8)17-9/h4-6,17-18H,2-3,7H2,1H3,(H,16,19). The summed E-state index contributed by atoms with van der Waals surface area (Å²) in [5.41, 5.74) is 1.24. The zero-order valence-electron chi connectivity index (χ0n) is 10.6. The van der Waals surface area contributed by atoms with Gasteiger partial charge in [-0.1, -0.05) is 6.92 Å². The quantitative estimate of drug-likeness (QED) is 0.795. The lowest BCUT2D eigenvalue weighted by Crippen LogP contribution is -2.29. The Morgan fingerprint density at radius 2 is 2.21 bits per heavy atom. The minimum Gasteiger partial charge on any atom is -0.505 e. The van der Waals surface area contributed by atoms with Crippen LogP contribution >= 0.6 is 0 Å². The largest absolute Gasteiger partial charge is 0.505 e. The number of H-pyrrole nitrogens is 1. The third-order valence-electron chi connectivity index (χ3n) is 3.73. The molecule has 1 fully saturated rings. The summed E-state index contributed by atoms with van der Waals surface area (Å²) in [7, 11) is 0. The molecule has 1 aromatic carbocycles. The number of hydrogen-bond acceptors (Lipinski definition) is 2. The van der Waals surface area contributed by atoms with E-state index in [-0.39, 0.29) is 17.1 Å². The van der Waals surface area contributed by atoms with E-state index in [1.165, 1.54) is 12.1 Å². The number of phenols is 1. The molecule has 0 aliphatic heterocycles. The van der Waals surface area contributed by atoms with Crippen LogP contribution in [0.2, 0.25) is 0 Å². The number of amides is 1. The lowest BCUT2D eigenvalue weighted by Gasteiger charge is -2.08. The van der Waals surface area contributed by atoms with E-state index < -0.39 is 5.82 Å². The Bertz CT molecular complexity index is 620. The number of rotatable bonds is 3. The molecule has 3 N–H and O–H groups in total. The molecule has 0 radical (unpaired) electrons. The summed E-state index contributed by atoms with van der Waals surface area (Å²) < 4.78 is 13.2. The third kappa shape index (κ3) is 2.16. The number of carbonyl (C=O) groups is 1. The van der Waals surface area contributed by atoms with Gasteiger partial charge in [-0.25, -0.2) is 4.39 Å². The lowest BCUT2D eigenvalue weighted by atomic mass is 10.1. The van der Waals surface area contributed by atoms with Crippen LogP contribution < -0.4 is 5.32 Å². The summed E-state index contributed by atoms with van der Waals surface area (Å²) in [5, 5.41) is 12.8. The van der Waals surface area contributed by atoms with Gasteiger partial charge in [-0.2, -0.15) is 0 Å². The van der Waals surface area contributed by atoms with Crippen molar-refractivity contribution in [2.45, 2.75) is 26.3 Å². The molecule has 1 aromatic heterocycles. The van der Waals surface area contributed by atoms with Gasteiger partial charge < -0.3 is 15.4 Å². The average molecular weight is 262 g/mol. The van der Waals surface area contributed by atoms with Crippen molar-refractivity contribution in [1.82, 2.24) is 10.3 Å². The number of aromatic amines is 1. The number of benzene rings is 1. The fourth-order valence-corrected chi connectivity index (χ4v) is 2.10. The molecule has 0 atom stereocenters. The molecule has 0 saturated heterocycles. The number of aromatic hydroxyl groups is 1. The molecule has 100 valence electrons. The van der Waals surface area contributed by atoms with Gasteiger partial charge in [0.25, 0.3) is 0 Å². The Kier molecular flexibility index (Phi) is 2.52. The molecular weight excluding hydrogens is 247 g/mol. The molecule has 1 heterocycles. The van der Waals surface area contributed by atoms with Crippen LogP contribution in [-0.2, 0) is 11.3 Å². The first-order chi connectivity index (χ1) is 8.98. The Morgan fingerprint density at radius 1 is 1.47 bits per heavy atom. The van der Waals surface area contributed by atoms with E-state index >= 15 is 0 Å². The van der Waals surface area contributed by atoms with Gasteiger partial charge in [-0.05, 0) is 25.0 Å². The normalized spacial score (nSPS) is 16.5. The van der Waals surface area contributed by atoms with Crippen LogP contribution in [0.15, 0.2) is 18.2 Å². The number of nitrogens with one attached hydrogen (secondary N) is 2. The monoisotopic (exact) mass is 262 g/mol. The molecule has 1 aliphatic carbocycles. The summed E-state index contributed by atoms with van der Waals surface area (Å²) in [4.78, 5) is 14.8. The van der Waals surface area contributed by atoms with Gasteiger partial charge in [-0.3, -0.25) is 4.79 Å². The van der Waals surface area contributed by atoms with Crippen molar-refractivity contribution >= 4 is 16.8 Å². The van der Waals surface area contributed by atoms with Crippen LogP contribution in [0.4, 0.5) is 4.39 Å². The smallest absolute Gasteiger partial charge is 0.226 e. The van der Waals surface area contributed by atoms with E-state index in [9.17, 15) is 14.3 Å². The van der Waals surface area contributed by atoms with Gasteiger partial charge in [0.1, 0.15) is 0 Å². The number of phenolic OH excluding ortho intramolecular Hbond substituents is 1. The molecule has 3 rings (SSSR count). The van der Waals surface area contributed by atoms with Gasteiger partial charge in [0.05, 0.1) is 6.54 Å². The Hall–Kier alpha value is -2.04. The fraction of sp³-hybridized carbons (Fsp3) is 0.357. The second-order valence-corrected chi connectivity index (χ2v) is 5.43. The van der Waals surface area contributed by atoms with E-state index in [1.54, 1.807) is 6.07 Å². The molecule has 2 aromatic rings. The minimum atomic E-state index is -0.646. The van der Waals surface area contributed by atoms with Crippen molar-refractivity contribution in [1.29, 1.82) is 0 Å². The summed E-state index contributed by atoms with van der Waals surface area (Å²) in [6, 6.07) is 4.39. The maximum absolute atomic E-state index is 13.2. The van der Waals surface area contributed by atoms with Crippen molar-refractivity contribution in [3.05, 3.63) is 29.7 Å². The zero-order chi connectivity index (χ0) is 13.6. The predicted octanol–water partition coefficient (Wildman–Crippen LogP) is 2.43. The van der Waals surface area contributed by atoms with Crippen molar-refractivity contribution < 1.29 is 14.3 Å². The summed E-state index contributed by atoms with van der Waals surface area (Å²) in [6.07, 6.45) is 1.87. The number of aromatic nitrogens is 1. The van der Waals surface area contributed by atoms with Gasteiger partial charge in [0.2, 0.25) is 5.91 Å². The van der Waals surface area contributed by atoms with Gasteiger partial charge in [0, 0.05) is 28.1 Å². The van der Waals surface area contributed by atoms with Crippen LogP contribution in [0, 0.1) is 11.2 Å². The first kappa shape index (κ1) is 12.0. The highest BCUT2D eigenvalue weighted by molar-refractivity contribution is 5.85. The lowest BCUT2D eigenvalue weighted by molar-refractivity contribution is -0.125. The van der Waals surface area contributed by atoms with E-state index in [0.29, 0.717) is 17.4 Å². The molecule has 0 unspecified atom stereocenters. The first-order valence-corrected chi connectivity index (χ1v) is 6.26. The van der Waals surface area contributed by atoms with E-state index in [1.807, 2.05) is 6.92 Å². The second-order valence-electron chi connectivity index (χ2n) is 5.43. The fourth-order valence-electron chi connectivity index (χ4n) is 2.10. The molecule has 1 amide bonds. The molecular formula is C14H15FN2O2. The number of fused-ring (bicyclic) bond motifs is 1.